The highest BCUT2D eigenvalue weighted by Gasteiger charge is 2.49. The van der Waals surface area contributed by atoms with E-state index in [1.807, 2.05) is 36.1 Å². The molecule has 2 fully saturated rings. The van der Waals surface area contributed by atoms with E-state index >= 15 is 0 Å². The maximum Gasteiger partial charge on any atom is 0.244 e. The maximum atomic E-state index is 11.9. The van der Waals surface area contributed by atoms with Gasteiger partial charge in [-0.25, -0.2) is 8.42 Å². The van der Waals surface area contributed by atoms with E-state index in [1.54, 1.807) is 0 Å². The van der Waals surface area contributed by atoms with Gasteiger partial charge in [0.2, 0.25) is 5.91 Å². The number of rotatable bonds is 1. The Morgan fingerprint density at radius 3 is 2.57 bits per heavy atom. The molecule has 0 radical (unpaired) electrons. The third kappa shape index (κ3) is 2.85. The third-order valence-electron chi connectivity index (χ3n) is 3.63. The van der Waals surface area contributed by atoms with E-state index in [0.717, 1.165) is 11.3 Å². The first kappa shape index (κ1) is 14.6. The fourth-order valence-electron chi connectivity index (χ4n) is 2.71. The summed E-state index contributed by atoms with van der Waals surface area (Å²) in [6.07, 6.45) is 0. The summed E-state index contributed by atoms with van der Waals surface area (Å²) in [6.45, 7) is 3.40. The summed E-state index contributed by atoms with van der Waals surface area (Å²) >= 11 is 1.39. The van der Waals surface area contributed by atoms with Crippen LogP contribution in [0.1, 0.15) is 12.5 Å². The van der Waals surface area contributed by atoms with Crippen LogP contribution in [-0.2, 0) is 14.6 Å². The van der Waals surface area contributed by atoms with E-state index in [4.69, 9.17) is 0 Å². The summed E-state index contributed by atoms with van der Waals surface area (Å²) < 4.78 is 23.7. The van der Waals surface area contributed by atoms with Crippen LogP contribution in [0.2, 0.25) is 0 Å². The van der Waals surface area contributed by atoms with Crippen LogP contribution in [0.25, 0.3) is 0 Å². The van der Waals surface area contributed by atoms with Gasteiger partial charge in [-0.3, -0.25) is 4.79 Å². The van der Waals surface area contributed by atoms with E-state index in [-0.39, 0.29) is 28.7 Å². The standard InChI is InChI=1S/C14H16N2O3S2/c1-9-3-5-11(6-4-9)16-12-7-21(18,19)8-13(12)20-14(16)15-10(2)17/h3-6,12-13H,7-8H2,1-2H3/t12-,13+/m0/s1. The number of aliphatic imine (C=N–C) groups is 1. The molecule has 0 aliphatic carbocycles. The fraction of sp³-hybridized carbons (Fsp3) is 0.429. The second-order valence-electron chi connectivity index (χ2n) is 5.42. The van der Waals surface area contributed by atoms with Crippen LogP contribution in [0.3, 0.4) is 0 Å². The molecule has 0 spiro atoms. The Hall–Kier alpha value is -1.34. The van der Waals surface area contributed by atoms with Crippen molar-refractivity contribution in [1.29, 1.82) is 0 Å². The van der Waals surface area contributed by atoms with Crippen LogP contribution >= 0.6 is 11.8 Å². The molecule has 0 aromatic heterocycles. The molecule has 2 saturated heterocycles. The van der Waals surface area contributed by atoms with Gasteiger partial charge in [0.15, 0.2) is 15.0 Å². The van der Waals surface area contributed by atoms with Crippen LogP contribution in [-0.4, -0.2) is 42.3 Å². The minimum atomic E-state index is -3.01. The number of aryl methyl sites for hydroxylation is 1. The molecule has 1 amide bonds. The average Bonchev–Trinajstić information content (AvgIpc) is 2.81. The quantitative estimate of drug-likeness (QED) is 0.785. The molecular formula is C14H16N2O3S2. The van der Waals surface area contributed by atoms with E-state index in [2.05, 4.69) is 4.99 Å². The summed E-state index contributed by atoms with van der Waals surface area (Å²) in [6, 6.07) is 7.70. The van der Waals surface area contributed by atoms with Crippen molar-refractivity contribution < 1.29 is 13.2 Å². The smallest absolute Gasteiger partial charge is 0.244 e. The minimum absolute atomic E-state index is 0.0468. The highest BCUT2D eigenvalue weighted by molar-refractivity contribution is 8.16. The number of sulfone groups is 1. The van der Waals surface area contributed by atoms with Crippen molar-refractivity contribution in [3.8, 4) is 0 Å². The van der Waals surface area contributed by atoms with Crippen molar-refractivity contribution in [2.45, 2.75) is 25.1 Å². The number of anilines is 1. The lowest BCUT2D eigenvalue weighted by Crippen LogP contribution is -2.37. The molecular weight excluding hydrogens is 308 g/mol. The SMILES string of the molecule is CC(=O)N=C1S[C@@H]2CS(=O)(=O)C[C@@H]2N1c1ccc(C)cc1. The number of thioether (sulfide) groups is 1. The first-order chi connectivity index (χ1) is 9.85. The van der Waals surface area contributed by atoms with Crippen LogP contribution in [0.15, 0.2) is 29.3 Å². The van der Waals surface area contributed by atoms with Gasteiger partial charge < -0.3 is 4.90 Å². The van der Waals surface area contributed by atoms with Gasteiger partial charge in [-0.2, -0.15) is 4.99 Å². The van der Waals surface area contributed by atoms with Crippen LogP contribution < -0.4 is 4.90 Å². The van der Waals surface area contributed by atoms with Gasteiger partial charge in [-0.1, -0.05) is 29.5 Å². The fourth-order valence-corrected chi connectivity index (χ4v) is 6.66. The molecule has 7 heteroatoms. The average molecular weight is 324 g/mol. The number of carbonyl (C=O) groups is 1. The van der Waals surface area contributed by atoms with Crippen LogP contribution in [0.4, 0.5) is 5.69 Å². The van der Waals surface area contributed by atoms with Crippen LogP contribution in [0.5, 0.6) is 0 Å². The molecule has 0 unspecified atom stereocenters. The van der Waals surface area contributed by atoms with Gasteiger partial charge in [0.25, 0.3) is 0 Å². The number of carbonyl (C=O) groups excluding carboxylic acids is 1. The van der Waals surface area contributed by atoms with E-state index in [9.17, 15) is 13.2 Å². The van der Waals surface area contributed by atoms with Crippen molar-refractivity contribution in [3.05, 3.63) is 29.8 Å². The molecule has 1 aromatic carbocycles. The summed E-state index contributed by atoms with van der Waals surface area (Å²) in [4.78, 5) is 17.3. The van der Waals surface area contributed by atoms with Gasteiger partial charge in [-0.15, -0.1) is 0 Å². The minimum Gasteiger partial charge on any atom is -0.316 e. The largest absolute Gasteiger partial charge is 0.316 e. The zero-order valence-electron chi connectivity index (χ0n) is 11.8. The zero-order chi connectivity index (χ0) is 15.2. The zero-order valence-corrected chi connectivity index (χ0v) is 13.4. The number of hydrogen-bond donors (Lipinski definition) is 0. The Morgan fingerprint density at radius 2 is 1.95 bits per heavy atom. The van der Waals surface area contributed by atoms with Crippen molar-refractivity contribution >= 4 is 38.4 Å². The number of nitrogens with zero attached hydrogens (tertiary/aromatic N) is 2. The summed E-state index contributed by atoms with van der Waals surface area (Å²) in [5.41, 5.74) is 2.02. The second kappa shape index (κ2) is 5.14. The van der Waals surface area contributed by atoms with Crippen molar-refractivity contribution in [2.24, 2.45) is 4.99 Å². The molecule has 21 heavy (non-hydrogen) atoms. The highest BCUT2D eigenvalue weighted by Crippen LogP contribution is 2.40. The second-order valence-corrected chi connectivity index (χ2v) is 8.78. The summed E-state index contributed by atoms with van der Waals surface area (Å²) in [7, 11) is -3.01. The lowest BCUT2D eigenvalue weighted by molar-refractivity contribution is -0.115. The molecule has 0 saturated carbocycles. The van der Waals surface area contributed by atoms with Crippen molar-refractivity contribution in [3.63, 3.8) is 0 Å². The Bertz CT molecular complexity index is 710. The number of hydrogen-bond acceptors (Lipinski definition) is 4. The van der Waals surface area contributed by atoms with Crippen molar-refractivity contribution in [2.75, 3.05) is 16.4 Å². The molecule has 2 aliphatic rings. The monoisotopic (exact) mass is 324 g/mol. The topological polar surface area (TPSA) is 66.8 Å². The molecule has 2 heterocycles. The lowest BCUT2D eigenvalue weighted by atomic mass is 10.1. The lowest BCUT2D eigenvalue weighted by Gasteiger charge is -2.24. The Balaban J connectivity index is 2.02. The van der Waals surface area contributed by atoms with Gasteiger partial charge >= 0.3 is 0 Å². The third-order valence-corrected chi connectivity index (χ3v) is 6.84. The predicted molar refractivity (Wildman–Crippen MR) is 85.6 cm³/mol. The number of amides is 1. The normalized spacial score (nSPS) is 28.9. The number of benzene rings is 1. The van der Waals surface area contributed by atoms with Gasteiger partial charge in [0.1, 0.15) is 0 Å². The predicted octanol–water partition coefficient (Wildman–Crippen LogP) is 1.62. The number of fused-ring (bicyclic) bond motifs is 1. The van der Waals surface area contributed by atoms with E-state index < -0.39 is 9.84 Å². The molecule has 2 aliphatic heterocycles. The van der Waals surface area contributed by atoms with Gasteiger partial charge in [-0.05, 0) is 19.1 Å². The molecule has 5 nitrogen and oxygen atoms in total. The molecule has 0 bridgehead atoms. The van der Waals surface area contributed by atoms with Crippen LogP contribution in [0, 0.1) is 6.92 Å². The molecule has 1 aromatic rings. The molecule has 0 N–H and O–H groups in total. The van der Waals surface area contributed by atoms with E-state index in [1.165, 1.54) is 18.7 Å². The first-order valence-corrected chi connectivity index (χ1v) is 9.38. The Morgan fingerprint density at radius 1 is 1.29 bits per heavy atom. The molecule has 3 rings (SSSR count). The Kier molecular flexibility index (Phi) is 3.57. The highest BCUT2D eigenvalue weighted by atomic mass is 32.2. The Labute approximate surface area is 128 Å². The summed E-state index contributed by atoms with van der Waals surface area (Å²) in [5.74, 6) is 0.00863. The molecule has 112 valence electrons. The van der Waals surface area contributed by atoms with Gasteiger partial charge in [0.05, 0.1) is 17.5 Å². The first-order valence-electron chi connectivity index (χ1n) is 6.68. The molecule has 2 atom stereocenters. The summed E-state index contributed by atoms with van der Waals surface area (Å²) in [5, 5.41) is 0.561. The van der Waals surface area contributed by atoms with Gasteiger partial charge in [0, 0.05) is 17.9 Å². The number of amidine groups is 1. The van der Waals surface area contributed by atoms with Crippen molar-refractivity contribution in [1.82, 2.24) is 0 Å². The maximum absolute atomic E-state index is 11.9. The van der Waals surface area contributed by atoms with E-state index in [0.29, 0.717) is 5.17 Å².